The van der Waals surface area contributed by atoms with Gasteiger partial charge in [-0.25, -0.2) is 4.98 Å². The Hall–Kier alpha value is -4.20. The van der Waals surface area contributed by atoms with Crippen molar-refractivity contribution < 1.29 is 0 Å². The van der Waals surface area contributed by atoms with Gasteiger partial charge in [-0.05, 0) is 42.4 Å². The minimum absolute atomic E-state index is 0.316. The highest BCUT2D eigenvalue weighted by atomic mass is 15.4. The number of fused-ring (bicyclic) bond motifs is 2. The van der Waals surface area contributed by atoms with Gasteiger partial charge in [-0.1, -0.05) is 63.2 Å². The first-order valence-corrected chi connectivity index (χ1v) is 13.5. The van der Waals surface area contributed by atoms with Crippen LogP contribution in [0.4, 0.5) is 17.6 Å². The Morgan fingerprint density at radius 1 is 0.974 bits per heavy atom. The molecule has 0 spiro atoms. The molecular weight excluding hydrogens is 472 g/mol. The molecule has 38 heavy (non-hydrogen) atoms. The number of nitrogens with one attached hydrogen (secondary N) is 1. The molecule has 1 fully saturated rings. The number of benzene rings is 2. The summed E-state index contributed by atoms with van der Waals surface area (Å²) in [4.78, 5) is 17.2. The topological polar surface area (TPSA) is 97.3 Å². The molecule has 0 amide bonds. The molecule has 8 nitrogen and oxygen atoms in total. The van der Waals surface area contributed by atoms with Gasteiger partial charge in [-0.15, -0.1) is 0 Å². The summed E-state index contributed by atoms with van der Waals surface area (Å²) in [6, 6.07) is 18.3. The molecule has 0 bridgehead atoms. The lowest BCUT2D eigenvalue weighted by Crippen LogP contribution is -2.34. The van der Waals surface area contributed by atoms with E-state index in [0.29, 0.717) is 24.1 Å². The highest BCUT2D eigenvalue weighted by Gasteiger charge is 2.22. The minimum atomic E-state index is 0.316. The number of pyridine rings is 1. The monoisotopic (exact) mass is 506 g/mol. The van der Waals surface area contributed by atoms with Crippen LogP contribution < -0.4 is 16.0 Å². The van der Waals surface area contributed by atoms with Crippen molar-refractivity contribution in [2.45, 2.75) is 46.1 Å². The zero-order valence-corrected chi connectivity index (χ0v) is 22.2. The molecule has 1 aliphatic heterocycles. The first-order chi connectivity index (χ1) is 18.5. The molecule has 194 valence electrons. The van der Waals surface area contributed by atoms with Crippen LogP contribution in [0.2, 0.25) is 0 Å². The molecule has 0 unspecified atom stereocenters. The third kappa shape index (κ3) is 4.51. The van der Waals surface area contributed by atoms with Crippen LogP contribution in [0.25, 0.3) is 27.8 Å². The van der Waals surface area contributed by atoms with Crippen molar-refractivity contribution in [1.82, 2.24) is 24.6 Å². The number of nitrogens with two attached hydrogens (primary N) is 1. The number of nitrogen functional groups attached to an aromatic ring is 1. The standard InChI is InChI=1S/C30H34N8/c1-19(2)24-18-33-38-28(24)35-30(37-15-13-20(3)14-16-37)36-29(38)32-17-22-7-4-5-9-23(22)26-12-11-21-8-6-10-25(31)27(21)34-26/h4-12,18-20H,13-17,31H2,1-3H3,(H,32,35,36). The van der Waals surface area contributed by atoms with E-state index < -0.39 is 0 Å². The third-order valence-electron chi connectivity index (χ3n) is 7.55. The number of nitrogens with zero attached hydrogens (tertiary/aromatic N) is 6. The summed E-state index contributed by atoms with van der Waals surface area (Å²) in [5.41, 5.74) is 12.8. The van der Waals surface area contributed by atoms with Crippen molar-refractivity contribution in [3.63, 3.8) is 0 Å². The molecule has 2 aromatic carbocycles. The van der Waals surface area contributed by atoms with Crippen LogP contribution >= 0.6 is 0 Å². The van der Waals surface area contributed by atoms with Crippen molar-refractivity contribution in [2.75, 3.05) is 29.0 Å². The number of hydrogen-bond acceptors (Lipinski definition) is 7. The molecule has 0 saturated carbocycles. The summed E-state index contributed by atoms with van der Waals surface area (Å²) in [6.45, 7) is 9.18. The van der Waals surface area contributed by atoms with Crippen LogP contribution in [0.1, 0.15) is 50.7 Å². The van der Waals surface area contributed by atoms with Crippen molar-refractivity contribution in [2.24, 2.45) is 5.92 Å². The molecule has 3 N–H and O–H groups in total. The van der Waals surface area contributed by atoms with Gasteiger partial charge in [0.05, 0.1) is 23.1 Å². The van der Waals surface area contributed by atoms with Crippen LogP contribution in [0, 0.1) is 5.92 Å². The first-order valence-electron chi connectivity index (χ1n) is 13.5. The van der Waals surface area contributed by atoms with Gasteiger partial charge in [0.1, 0.15) is 0 Å². The zero-order valence-electron chi connectivity index (χ0n) is 22.2. The Kier molecular flexibility index (Phi) is 6.31. The van der Waals surface area contributed by atoms with E-state index in [2.05, 4.69) is 66.4 Å². The van der Waals surface area contributed by atoms with Gasteiger partial charge >= 0.3 is 0 Å². The Balaban J connectivity index is 1.35. The highest BCUT2D eigenvalue weighted by Crippen LogP contribution is 2.29. The molecule has 0 aliphatic carbocycles. The van der Waals surface area contributed by atoms with Crippen LogP contribution in [-0.4, -0.2) is 37.7 Å². The third-order valence-corrected chi connectivity index (χ3v) is 7.55. The Bertz CT molecular complexity index is 1600. The summed E-state index contributed by atoms with van der Waals surface area (Å²) in [5, 5.41) is 9.27. The summed E-state index contributed by atoms with van der Waals surface area (Å²) < 4.78 is 1.84. The maximum absolute atomic E-state index is 6.23. The van der Waals surface area contributed by atoms with Crippen molar-refractivity contribution in [1.29, 1.82) is 0 Å². The van der Waals surface area contributed by atoms with Gasteiger partial charge in [-0.2, -0.15) is 19.6 Å². The summed E-state index contributed by atoms with van der Waals surface area (Å²) in [6.07, 6.45) is 4.23. The lowest BCUT2D eigenvalue weighted by Gasteiger charge is -2.30. The number of para-hydroxylation sites is 1. The van der Waals surface area contributed by atoms with Crippen LogP contribution in [0.3, 0.4) is 0 Å². The number of aromatic nitrogens is 5. The van der Waals surface area contributed by atoms with Gasteiger partial charge in [0.25, 0.3) is 0 Å². The predicted octanol–water partition coefficient (Wildman–Crippen LogP) is 5.89. The fraction of sp³-hybridized carbons (Fsp3) is 0.333. The second-order valence-electron chi connectivity index (χ2n) is 10.6. The van der Waals surface area contributed by atoms with Gasteiger partial charge in [0.2, 0.25) is 11.9 Å². The second kappa shape index (κ2) is 9.93. The number of hydrogen-bond donors (Lipinski definition) is 2. The van der Waals surface area contributed by atoms with Crippen LogP contribution in [-0.2, 0) is 6.54 Å². The SMILES string of the molecule is CC1CCN(c2nc(NCc3ccccc3-c3ccc4cccc(N)c4n3)n3ncc(C(C)C)c3n2)CC1. The minimum Gasteiger partial charge on any atom is -0.397 e. The van der Waals surface area contributed by atoms with Gasteiger partial charge < -0.3 is 16.0 Å². The zero-order chi connectivity index (χ0) is 26.2. The molecule has 6 rings (SSSR count). The highest BCUT2D eigenvalue weighted by molar-refractivity contribution is 5.91. The molecule has 0 atom stereocenters. The van der Waals surface area contributed by atoms with E-state index >= 15 is 0 Å². The van der Waals surface area contributed by atoms with E-state index in [-0.39, 0.29) is 0 Å². The van der Waals surface area contributed by atoms with E-state index in [1.54, 1.807) is 0 Å². The second-order valence-corrected chi connectivity index (χ2v) is 10.6. The molecule has 8 heteroatoms. The van der Waals surface area contributed by atoms with Crippen molar-refractivity contribution >= 4 is 34.1 Å². The van der Waals surface area contributed by atoms with Crippen LogP contribution in [0.15, 0.2) is 60.8 Å². The molecule has 3 aromatic heterocycles. The number of piperidine rings is 1. The van der Waals surface area contributed by atoms with E-state index in [1.807, 2.05) is 35.0 Å². The first kappa shape index (κ1) is 24.2. The molecule has 1 saturated heterocycles. The molecular formula is C30H34N8. The number of rotatable bonds is 6. The summed E-state index contributed by atoms with van der Waals surface area (Å²) >= 11 is 0. The number of anilines is 3. The Labute approximate surface area is 222 Å². The smallest absolute Gasteiger partial charge is 0.230 e. The Morgan fingerprint density at radius 3 is 2.61 bits per heavy atom. The maximum Gasteiger partial charge on any atom is 0.230 e. The van der Waals surface area contributed by atoms with E-state index in [1.165, 1.54) is 0 Å². The largest absolute Gasteiger partial charge is 0.397 e. The molecule has 0 radical (unpaired) electrons. The fourth-order valence-electron chi connectivity index (χ4n) is 5.17. The summed E-state index contributed by atoms with van der Waals surface area (Å²) in [7, 11) is 0. The van der Waals surface area contributed by atoms with E-state index in [4.69, 9.17) is 20.7 Å². The molecule has 4 heterocycles. The molecule has 5 aromatic rings. The van der Waals surface area contributed by atoms with Gasteiger partial charge in [0.15, 0.2) is 5.65 Å². The molecule has 1 aliphatic rings. The normalized spacial score (nSPS) is 14.6. The quantitative estimate of drug-likeness (QED) is 0.277. The average Bonchev–Trinajstić information content (AvgIpc) is 3.37. The Morgan fingerprint density at radius 2 is 1.79 bits per heavy atom. The maximum atomic E-state index is 6.23. The van der Waals surface area contributed by atoms with E-state index in [9.17, 15) is 0 Å². The van der Waals surface area contributed by atoms with Crippen molar-refractivity contribution in [3.8, 4) is 11.3 Å². The average molecular weight is 507 g/mol. The lowest BCUT2D eigenvalue weighted by molar-refractivity contribution is 0.434. The van der Waals surface area contributed by atoms with Crippen LogP contribution in [0.5, 0.6) is 0 Å². The fourth-order valence-corrected chi connectivity index (χ4v) is 5.17. The van der Waals surface area contributed by atoms with Gasteiger partial charge in [-0.3, -0.25) is 0 Å². The van der Waals surface area contributed by atoms with E-state index in [0.717, 1.165) is 76.7 Å². The van der Waals surface area contributed by atoms with Crippen molar-refractivity contribution in [3.05, 3.63) is 71.9 Å². The summed E-state index contributed by atoms with van der Waals surface area (Å²) in [5.74, 6) is 2.52. The van der Waals surface area contributed by atoms with Gasteiger partial charge in [0, 0.05) is 36.1 Å². The lowest BCUT2D eigenvalue weighted by atomic mass is 10.00. The predicted molar refractivity (Wildman–Crippen MR) is 154 cm³/mol.